The number of hydrogen-bond donors (Lipinski definition) is 3. The highest BCUT2D eigenvalue weighted by atomic mass is 32.2. The second kappa shape index (κ2) is 6.42. The number of aliphatic carboxylic acids is 1. The molecule has 126 valence electrons. The summed E-state index contributed by atoms with van der Waals surface area (Å²) in [7, 11) is -3.92. The maximum Gasteiger partial charge on any atom is 0.322 e. The van der Waals surface area contributed by atoms with Crippen LogP contribution in [0.25, 0.3) is 10.6 Å². The molecule has 2 heterocycles. The largest absolute Gasteiger partial charge is 0.480 e. The zero-order valence-electron chi connectivity index (χ0n) is 13.2. The quantitative estimate of drug-likeness (QED) is 0.733. The Morgan fingerprint density at radius 2 is 2.00 bits per heavy atom. The number of hydrogen-bond acceptors (Lipinski definition) is 5. The van der Waals surface area contributed by atoms with E-state index < -0.39 is 22.0 Å². The van der Waals surface area contributed by atoms with Gasteiger partial charge in [-0.2, -0.15) is 9.82 Å². The maximum atomic E-state index is 12.5. The van der Waals surface area contributed by atoms with Crippen molar-refractivity contribution in [2.45, 2.75) is 38.6 Å². The smallest absolute Gasteiger partial charge is 0.322 e. The van der Waals surface area contributed by atoms with Crippen molar-refractivity contribution < 1.29 is 18.3 Å². The molecule has 7 nitrogen and oxygen atoms in total. The lowest BCUT2D eigenvalue weighted by molar-refractivity contribution is -0.140. The van der Waals surface area contributed by atoms with Crippen LogP contribution in [-0.2, 0) is 14.8 Å². The Morgan fingerprint density at radius 3 is 2.48 bits per heavy atom. The standard InChI is InChI=1S/C14H19N3O4S2/c1-7(2)13(14(18)19)17-23(20,21)12-6-11(22-9(12)4)10-5-8(3)15-16-10/h5-7,13,17H,1-4H3,(H,15,16)(H,18,19)/t13-/m0/s1. The van der Waals surface area contributed by atoms with Crippen LogP contribution < -0.4 is 4.72 Å². The van der Waals surface area contributed by atoms with E-state index in [-0.39, 0.29) is 10.8 Å². The van der Waals surface area contributed by atoms with Crippen molar-refractivity contribution in [3.05, 3.63) is 22.7 Å². The van der Waals surface area contributed by atoms with Crippen LogP contribution in [0.1, 0.15) is 24.4 Å². The number of carboxylic acids is 1. The minimum atomic E-state index is -3.92. The van der Waals surface area contributed by atoms with E-state index in [4.69, 9.17) is 0 Å². The van der Waals surface area contributed by atoms with Gasteiger partial charge in [0.15, 0.2) is 0 Å². The van der Waals surface area contributed by atoms with Gasteiger partial charge in [0.25, 0.3) is 0 Å². The number of thiophene rings is 1. The third-order valence-corrected chi connectivity index (χ3v) is 6.10. The number of carbonyl (C=O) groups is 1. The van der Waals surface area contributed by atoms with Gasteiger partial charge in [0.1, 0.15) is 11.7 Å². The number of aromatic nitrogens is 2. The Bertz CT molecular complexity index is 821. The first-order valence-corrected chi connectivity index (χ1v) is 9.29. The van der Waals surface area contributed by atoms with E-state index in [0.29, 0.717) is 15.4 Å². The number of sulfonamides is 1. The average Bonchev–Trinajstić information content (AvgIpc) is 3.02. The molecular formula is C14H19N3O4S2. The molecule has 0 bridgehead atoms. The summed E-state index contributed by atoms with van der Waals surface area (Å²) in [6, 6.07) is 2.18. The molecule has 9 heteroatoms. The molecule has 0 aromatic carbocycles. The van der Waals surface area contributed by atoms with Gasteiger partial charge in [-0.05, 0) is 31.9 Å². The lowest BCUT2D eigenvalue weighted by Crippen LogP contribution is -2.44. The fourth-order valence-electron chi connectivity index (χ4n) is 2.10. The first-order chi connectivity index (χ1) is 10.6. The number of aryl methyl sites for hydroxylation is 2. The molecule has 1 atom stereocenters. The van der Waals surface area contributed by atoms with Crippen LogP contribution in [0, 0.1) is 19.8 Å². The van der Waals surface area contributed by atoms with Gasteiger partial charge >= 0.3 is 5.97 Å². The summed E-state index contributed by atoms with van der Waals surface area (Å²) in [5.41, 5.74) is 1.54. The van der Waals surface area contributed by atoms with Crippen molar-refractivity contribution in [3.63, 3.8) is 0 Å². The van der Waals surface area contributed by atoms with Crippen LogP contribution in [0.5, 0.6) is 0 Å². The number of nitrogens with zero attached hydrogens (tertiary/aromatic N) is 1. The highest BCUT2D eigenvalue weighted by Gasteiger charge is 2.30. The highest BCUT2D eigenvalue weighted by molar-refractivity contribution is 7.89. The molecule has 0 aliphatic rings. The van der Waals surface area contributed by atoms with Crippen LogP contribution in [0.4, 0.5) is 0 Å². The molecule has 0 unspecified atom stereocenters. The first-order valence-electron chi connectivity index (χ1n) is 6.99. The van der Waals surface area contributed by atoms with Gasteiger partial charge in [-0.25, -0.2) is 8.42 Å². The Hall–Kier alpha value is -1.71. The van der Waals surface area contributed by atoms with Crippen molar-refractivity contribution in [1.29, 1.82) is 0 Å². The third-order valence-electron chi connectivity index (χ3n) is 3.33. The Kier molecular flexibility index (Phi) is 4.92. The number of aromatic amines is 1. The number of rotatable bonds is 6. The van der Waals surface area contributed by atoms with Crippen LogP contribution >= 0.6 is 11.3 Å². The molecule has 0 spiro atoms. The van der Waals surface area contributed by atoms with Gasteiger partial charge in [0, 0.05) is 10.6 Å². The number of H-pyrrole nitrogens is 1. The lowest BCUT2D eigenvalue weighted by atomic mass is 10.1. The summed E-state index contributed by atoms with van der Waals surface area (Å²) in [6.45, 7) is 6.85. The molecule has 3 N–H and O–H groups in total. The molecule has 0 saturated carbocycles. The molecule has 0 radical (unpaired) electrons. The van der Waals surface area contributed by atoms with Crippen molar-refractivity contribution in [2.75, 3.05) is 0 Å². The number of nitrogens with one attached hydrogen (secondary N) is 2. The van der Waals surface area contributed by atoms with E-state index in [9.17, 15) is 18.3 Å². The topological polar surface area (TPSA) is 112 Å². The van der Waals surface area contributed by atoms with Gasteiger partial charge in [0.2, 0.25) is 10.0 Å². The maximum absolute atomic E-state index is 12.5. The first kappa shape index (κ1) is 17.6. The minimum absolute atomic E-state index is 0.0880. The summed E-state index contributed by atoms with van der Waals surface area (Å²) < 4.78 is 27.3. The molecule has 2 aromatic heterocycles. The van der Waals surface area contributed by atoms with E-state index in [1.807, 2.05) is 13.0 Å². The molecule has 0 aliphatic carbocycles. The summed E-state index contributed by atoms with van der Waals surface area (Å²) in [5.74, 6) is -1.56. The predicted octanol–water partition coefficient (Wildman–Crippen LogP) is 2.14. The average molecular weight is 357 g/mol. The minimum Gasteiger partial charge on any atom is -0.480 e. The van der Waals surface area contributed by atoms with E-state index in [0.717, 1.165) is 5.69 Å². The lowest BCUT2D eigenvalue weighted by Gasteiger charge is -2.17. The molecule has 0 amide bonds. The van der Waals surface area contributed by atoms with Crippen molar-refractivity contribution >= 4 is 27.3 Å². The summed E-state index contributed by atoms with van der Waals surface area (Å²) in [5, 5.41) is 16.1. The normalized spacial score (nSPS) is 13.4. The van der Waals surface area contributed by atoms with Gasteiger partial charge in [-0.3, -0.25) is 9.89 Å². The molecular weight excluding hydrogens is 338 g/mol. The fraction of sp³-hybridized carbons (Fsp3) is 0.429. The zero-order valence-corrected chi connectivity index (χ0v) is 14.9. The van der Waals surface area contributed by atoms with Crippen LogP contribution in [0.3, 0.4) is 0 Å². The van der Waals surface area contributed by atoms with E-state index >= 15 is 0 Å². The van der Waals surface area contributed by atoms with Gasteiger partial charge in [0.05, 0.1) is 9.77 Å². The summed E-state index contributed by atoms with van der Waals surface area (Å²) in [4.78, 5) is 12.6. The molecule has 23 heavy (non-hydrogen) atoms. The summed E-state index contributed by atoms with van der Waals surface area (Å²) >= 11 is 1.30. The zero-order chi connectivity index (χ0) is 17.4. The van der Waals surface area contributed by atoms with Crippen LogP contribution in [0.2, 0.25) is 0 Å². The SMILES string of the molecule is Cc1cc(-c2cc(S(=O)(=O)N[C@H](C(=O)O)C(C)C)c(C)s2)n[nH]1. The molecule has 0 fully saturated rings. The molecule has 2 rings (SSSR count). The molecule has 0 saturated heterocycles. The molecule has 2 aromatic rings. The third kappa shape index (κ3) is 3.80. The van der Waals surface area contributed by atoms with Crippen molar-refractivity contribution in [3.8, 4) is 10.6 Å². The monoisotopic (exact) mass is 357 g/mol. The van der Waals surface area contributed by atoms with Crippen LogP contribution in [0.15, 0.2) is 17.0 Å². The van der Waals surface area contributed by atoms with E-state index in [1.165, 1.54) is 17.4 Å². The van der Waals surface area contributed by atoms with Gasteiger partial charge in [-0.1, -0.05) is 13.8 Å². The Labute approximate surface area is 138 Å². The molecule has 0 aliphatic heterocycles. The summed E-state index contributed by atoms with van der Waals surface area (Å²) in [6.07, 6.45) is 0. The Morgan fingerprint density at radius 1 is 1.35 bits per heavy atom. The van der Waals surface area contributed by atoms with Crippen molar-refractivity contribution in [1.82, 2.24) is 14.9 Å². The van der Waals surface area contributed by atoms with E-state index in [1.54, 1.807) is 20.8 Å². The van der Waals surface area contributed by atoms with Crippen molar-refractivity contribution in [2.24, 2.45) is 5.92 Å². The fourth-order valence-corrected chi connectivity index (χ4v) is 4.99. The number of carboxylic acid groups (broad SMARTS) is 1. The van der Waals surface area contributed by atoms with Gasteiger partial charge in [-0.15, -0.1) is 11.3 Å². The Balaban J connectivity index is 2.37. The van der Waals surface area contributed by atoms with Crippen LogP contribution in [-0.4, -0.2) is 35.7 Å². The second-order valence-electron chi connectivity index (χ2n) is 5.65. The highest BCUT2D eigenvalue weighted by Crippen LogP contribution is 2.33. The second-order valence-corrected chi connectivity index (χ2v) is 8.59. The van der Waals surface area contributed by atoms with E-state index in [2.05, 4.69) is 14.9 Å². The predicted molar refractivity (Wildman–Crippen MR) is 88.0 cm³/mol. The van der Waals surface area contributed by atoms with Gasteiger partial charge < -0.3 is 5.11 Å².